The molecule has 0 unspecified atom stereocenters. The minimum absolute atomic E-state index is 0.282. The lowest BCUT2D eigenvalue weighted by molar-refractivity contribution is -0.123. The maximum absolute atomic E-state index is 12.9. The third-order valence-electron chi connectivity index (χ3n) is 4.59. The molecule has 0 aliphatic rings. The van der Waals surface area contributed by atoms with Crippen LogP contribution >= 0.6 is 0 Å². The average molecular weight is 419 g/mol. The fourth-order valence-corrected chi connectivity index (χ4v) is 4.28. The smallest absolute Gasteiger partial charge is 0.244 e. The quantitative estimate of drug-likeness (QED) is 0.677. The van der Waals surface area contributed by atoms with Crippen molar-refractivity contribution in [3.05, 3.63) is 59.7 Å². The Morgan fingerprint density at radius 3 is 2.28 bits per heavy atom. The molecule has 0 saturated heterocycles. The first kappa shape index (κ1) is 22.7. The topological polar surface area (TPSA) is 75.7 Å². The Labute approximate surface area is 173 Å². The van der Waals surface area contributed by atoms with Crippen molar-refractivity contribution in [2.75, 3.05) is 17.2 Å². The second-order valence-corrected chi connectivity index (χ2v) is 9.16. The van der Waals surface area contributed by atoms with Crippen molar-refractivity contribution in [3.8, 4) is 5.75 Å². The summed E-state index contributed by atoms with van der Waals surface area (Å²) in [4.78, 5) is 12.9. The van der Waals surface area contributed by atoms with Crippen molar-refractivity contribution in [1.29, 1.82) is 0 Å². The van der Waals surface area contributed by atoms with Gasteiger partial charge in [-0.15, -0.1) is 0 Å². The highest BCUT2D eigenvalue weighted by Crippen LogP contribution is 2.23. The number of para-hydroxylation sites is 1. The van der Waals surface area contributed by atoms with Gasteiger partial charge in [0.2, 0.25) is 15.9 Å². The van der Waals surface area contributed by atoms with Gasteiger partial charge in [-0.2, -0.15) is 0 Å². The highest BCUT2D eigenvalue weighted by molar-refractivity contribution is 7.92. The summed E-state index contributed by atoms with van der Waals surface area (Å²) in [6.45, 7) is 7.80. The molecule has 0 aliphatic heterocycles. The number of hydrogen-bond donors (Lipinski definition) is 1. The number of carbonyl (C=O) groups excluding carboxylic acids is 1. The Morgan fingerprint density at radius 2 is 1.72 bits per heavy atom. The Balaban J connectivity index is 2.12. The van der Waals surface area contributed by atoms with Gasteiger partial charge in [-0.25, -0.2) is 8.42 Å². The standard InChI is InChI=1S/C22H30N2O4S/c1-6-20(24(29(5,26)27)19-13-11-16(2)12-14-19)22(25)23-18(4)15-28-21-10-8-7-9-17(21)3/h7-14,18,20H,6,15H2,1-5H3,(H,23,25)/t18-,20-/m1/s1. The first-order valence-corrected chi connectivity index (χ1v) is 11.5. The van der Waals surface area contributed by atoms with Crippen LogP contribution in [0.5, 0.6) is 5.75 Å². The predicted molar refractivity (Wildman–Crippen MR) is 117 cm³/mol. The number of nitrogens with one attached hydrogen (secondary N) is 1. The first-order valence-electron chi connectivity index (χ1n) is 9.68. The van der Waals surface area contributed by atoms with Crippen LogP contribution in [0.3, 0.4) is 0 Å². The summed E-state index contributed by atoms with van der Waals surface area (Å²) in [7, 11) is -3.64. The van der Waals surface area contributed by atoms with Gasteiger partial charge < -0.3 is 10.1 Å². The van der Waals surface area contributed by atoms with Crippen LogP contribution in [0.1, 0.15) is 31.4 Å². The van der Waals surface area contributed by atoms with E-state index in [-0.39, 0.29) is 18.6 Å². The van der Waals surface area contributed by atoms with Crippen LogP contribution in [-0.4, -0.2) is 39.3 Å². The van der Waals surface area contributed by atoms with Crippen molar-refractivity contribution in [2.45, 2.75) is 46.2 Å². The highest BCUT2D eigenvalue weighted by Gasteiger charge is 2.32. The van der Waals surface area contributed by atoms with Gasteiger partial charge in [-0.3, -0.25) is 9.10 Å². The highest BCUT2D eigenvalue weighted by atomic mass is 32.2. The summed E-state index contributed by atoms with van der Waals surface area (Å²) in [6, 6.07) is 13.6. The van der Waals surface area contributed by atoms with Crippen molar-refractivity contribution in [1.82, 2.24) is 5.32 Å². The summed E-state index contributed by atoms with van der Waals surface area (Å²) < 4.78 is 31.9. The molecule has 0 bridgehead atoms. The largest absolute Gasteiger partial charge is 0.491 e. The maximum atomic E-state index is 12.9. The van der Waals surface area contributed by atoms with Crippen LogP contribution in [0, 0.1) is 13.8 Å². The molecule has 2 aromatic carbocycles. The molecular weight excluding hydrogens is 388 g/mol. The molecule has 2 atom stereocenters. The second kappa shape index (κ2) is 9.78. The van der Waals surface area contributed by atoms with E-state index in [0.29, 0.717) is 12.1 Å². The average Bonchev–Trinajstić information content (AvgIpc) is 2.65. The number of carbonyl (C=O) groups is 1. The number of nitrogens with zero attached hydrogens (tertiary/aromatic N) is 1. The zero-order chi connectivity index (χ0) is 21.6. The summed E-state index contributed by atoms with van der Waals surface area (Å²) in [5.74, 6) is 0.414. The van der Waals surface area contributed by atoms with E-state index in [4.69, 9.17) is 4.74 Å². The van der Waals surface area contributed by atoms with Gasteiger partial charge in [0.05, 0.1) is 18.0 Å². The Bertz CT molecular complexity index is 926. The number of benzene rings is 2. The fourth-order valence-electron chi connectivity index (χ4n) is 3.07. The van der Waals surface area contributed by atoms with Crippen LogP contribution in [0.25, 0.3) is 0 Å². The van der Waals surface area contributed by atoms with E-state index in [1.807, 2.05) is 57.2 Å². The first-order chi connectivity index (χ1) is 13.6. The van der Waals surface area contributed by atoms with E-state index in [0.717, 1.165) is 23.1 Å². The van der Waals surface area contributed by atoms with E-state index in [9.17, 15) is 13.2 Å². The summed E-state index contributed by atoms with van der Waals surface area (Å²) in [5, 5.41) is 2.88. The molecule has 0 spiro atoms. The third kappa shape index (κ3) is 6.22. The van der Waals surface area contributed by atoms with Gasteiger partial charge in [-0.1, -0.05) is 42.8 Å². The lowest BCUT2D eigenvalue weighted by Crippen LogP contribution is -2.52. The number of hydrogen-bond acceptors (Lipinski definition) is 4. The van der Waals surface area contributed by atoms with E-state index in [2.05, 4.69) is 5.32 Å². The van der Waals surface area contributed by atoms with Crippen molar-refractivity contribution in [2.24, 2.45) is 0 Å². The van der Waals surface area contributed by atoms with E-state index in [1.54, 1.807) is 19.1 Å². The zero-order valence-electron chi connectivity index (χ0n) is 17.7. The lowest BCUT2D eigenvalue weighted by atomic mass is 10.1. The van der Waals surface area contributed by atoms with Gasteiger partial charge in [0.25, 0.3) is 0 Å². The monoisotopic (exact) mass is 418 g/mol. The van der Waals surface area contributed by atoms with Crippen molar-refractivity contribution in [3.63, 3.8) is 0 Å². The maximum Gasteiger partial charge on any atom is 0.244 e. The Hall–Kier alpha value is -2.54. The molecule has 0 radical (unpaired) electrons. The summed E-state index contributed by atoms with van der Waals surface area (Å²) in [6.07, 6.45) is 1.46. The van der Waals surface area contributed by atoms with Gasteiger partial charge in [0, 0.05) is 0 Å². The van der Waals surface area contributed by atoms with Crippen LogP contribution < -0.4 is 14.4 Å². The number of sulfonamides is 1. The Morgan fingerprint density at radius 1 is 1.10 bits per heavy atom. The van der Waals surface area contributed by atoms with E-state index >= 15 is 0 Å². The van der Waals surface area contributed by atoms with Crippen LogP contribution in [-0.2, 0) is 14.8 Å². The molecule has 2 aromatic rings. The molecule has 0 heterocycles. The van der Waals surface area contributed by atoms with Crippen LogP contribution in [0.15, 0.2) is 48.5 Å². The molecule has 0 aliphatic carbocycles. The molecule has 1 N–H and O–H groups in total. The molecule has 0 fully saturated rings. The van der Waals surface area contributed by atoms with Crippen molar-refractivity contribution >= 4 is 21.6 Å². The minimum Gasteiger partial charge on any atom is -0.491 e. The normalized spacial score (nSPS) is 13.4. The van der Waals surface area contributed by atoms with Gasteiger partial charge >= 0.3 is 0 Å². The number of rotatable bonds is 9. The number of amides is 1. The molecule has 7 heteroatoms. The number of aryl methyl sites for hydroxylation is 2. The minimum atomic E-state index is -3.64. The molecule has 29 heavy (non-hydrogen) atoms. The molecule has 1 amide bonds. The lowest BCUT2D eigenvalue weighted by Gasteiger charge is -2.31. The predicted octanol–water partition coefficient (Wildman–Crippen LogP) is 3.43. The zero-order valence-corrected chi connectivity index (χ0v) is 18.5. The molecule has 0 aromatic heterocycles. The number of ether oxygens (including phenoxy) is 1. The van der Waals surface area contributed by atoms with E-state index < -0.39 is 16.1 Å². The molecular formula is C22H30N2O4S. The fraction of sp³-hybridized carbons (Fsp3) is 0.409. The van der Waals surface area contributed by atoms with Gasteiger partial charge in [0.15, 0.2) is 0 Å². The van der Waals surface area contributed by atoms with E-state index in [1.165, 1.54) is 4.31 Å². The van der Waals surface area contributed by atoms with Crippen molar-refractivity contribution < 1.29 is 17.9 Å². The van der Waals surface area contributed by atoms with Crippen LogP contribution in [0.4, 0.5) is 5.69 Å². The summed E-state index contributed by atoms with van der Waals surface area (Å²) in [5.41, 5.74) is 2.51. The van der Waals surface area contributed by atoms with Gasteiger partial charge in [-0.05, 0) is 51.0 Å². The second-order valence-electron chi connectivity index (χ2n) is 7.30. The summed E-state index contributed by atoms with van der Waals surface area (Å²) >= 11 is 0. The molecule has 2 rings (SSSR count). The SMILES string of the molecule is CC[C@H](C(=O)N[C@H](C)COc1ccccc1C)N(c1ccc(C)cc1)S(C)(=O)=O. The molecule has 6 nitrogen and oxygen atoms in total. The number of anilines is 1. The molecule has 158 valence electrons. The van der Waals surface area contributed by atoms with Crippen LogP contribution in [0.2, 0.25) is 0 Å². The third-order valence-corrected chi connectivity index (χ3v) is 5.77. The molecule has 0 saturated carbocycles. The Kier molecular flexibility index (Phi) is 7.67. The van der Waals surface area contributed by atoms with Gasteiger partial charge in [0.1, 0.15) is 18.4 Å².